The lowest BCUT2D eigenvalue weighted by molar-refractivity contribution is 0.514. The van der Waals surface area contributed by atoms with Crippen LogP contribution in [0.25, 0.3) is 0 Å². The van der Waals surface area contributed by atoms with E-state index in [9.17, 15) is 0 Å². The fourth-order valence-corrected chi connectivity index (χ4v) is 2.03. The third-order valence-corrected chi connectivity index (χ3v) is 3.15. The Bertz CT molecular complexity index is 271. The zero-order valence-electron chi connectivity index (χ0n) is 9.49. The van der Waals surface area contributed by atoms with E-state index in [0.717, 1.165) is 18.6 Å². The summed E-state index contributed by atoms with van der Waals surface area (Å²) in [7, 11) is 0. The summed E-state index contributed by atoms with van der Waals surface area (Å²) in [5, 5.41) is 0. The first-order chi connectivity index (χ1) is 7.26. The van der Waals surface area contributed by atoms with Gasteiger partial charge in [-0.3, -0.25) is 11.3 Å². The number of thioether (sulfide) groups is 1. The highest BCUT2D eigenvalue weighted by molar-refractivity contribution is 7.98. The van der Waals surface area contributed by atoms with Gasteiger partial charge < -0.3 is 0 Å². The average Bonchev–Trinajstić information content (AvgIpc) is 2.27. The summed E-state index contributed by atoms with van der Waals surface area (Å²) in [5.41, 5.74) is 5.54. The Hall–Kier alpha value is -0.510. The van der Waals surface area contributed by atoms with Crippen molar-refractivity contribution < 1.29 is 0 Å². The molecule has 1 aromatic rings. The van der Waals surface area contributed by atoms with E-state index in [1.807, 2.05) is 11.8 Å². The molecule has 0 saturated heterocycles. The van der Waals surface area contributed by atoms with Gasteiger partial charge in [0.2, 0.25) is 0 Å². The minimum atomic E-state index is 0.389. The van der Waals surface area contributed by atoms with Gasteiger partial charge >= 0.3 is 0 Å². The predicted molar refractivity (Wildman–Crippen MR) is 69.0 cm³/mol. The SMILES string of the molecule is CSCCC(Cc1ccc(C)cc1)NN. The highest BCUT2D eigenvalue weighted by atomic mass is 32.2. The second kappa shape index (κ2) is 6.88. The van der Waals surface area contributed by atoms with Gasteiger partial charge in [-0.05, 0) is 37.3 Å². The van der Waals surface area contributed by atoms with E-state index in [2.05, 4.69) is 42.9 Å². The van der Waals surface area contributed by atoms with Crippen molar-refractivity contribution in [3.05, 3.63) is 35.4 Å². The average molecular weight is 224 g/mol. The van der Waals surface area contributed by atoms with Gasteiger partial charge in [-0.2, -0.15) is 11.8 Å². The van der Waals surface area contributed by atoms with Crippen LogP contribution in [0.4, 0.5) is 0 Å². The fraction of sp³-hybridized carbons (Fsp3) is 0.500. The minimum Gasteiger partial charge on any atom is -0.271 e. The number of hydrogen-bond acceptors (Lipinski definition) is 3. The van der Waals surface area contributed by atoms with Gasteiger partial charge in [0.05, 0.1) is 0 Å². The molecule has 1 aromatic carbocycles. The maximum Gasteiger partial charge on any atom is 0.0258 e. The van der Waals surface area contributed by atoms with Crippen molar-refractivity contribution in [2.75, 3.05) is 12.0 Å². The summed E-state index contributed by atoms with van der Waals surface area (Å²) in [4.78, 5) is 0. The summed E-state index contributed by atoms with van der Waals surface area (Å²) in [5.74, 6) is 6.69. The molecule has 1 unspecified atom stereocenters. The van der Waals surface area contributed by atoms with Crippen LogP contribution in [-0.4, -0.2) is 18.1 Å². The smallest absolute Gasteiger partial charge is 0.0258 e. The van der Waals surface area contributed by atoms with Crippen LogP contribution in [0, 0.1) is 6.92 Å². The van der Waals surface area contributed by atoms with Gasteiger partial charge in [0.1, 0.15) is 0 Å². The fourth-order valence-electron chi connectivity index (χ4n) is 1.51. The Kier molecular flexibility index (Phi) is 5.76. The minimum absolute atomic E-state index is 0.389. The largest absolute Gasteiger partial charge is 0.271 e. The molecule has 1 atom stereocenters. The standard InChI is InChI=1S/C12H20N2S/c1-10-3-5-11(6-4-10)9-12(14-13)7-8-15-2/h3-6,12,14H,7-9,13H2,1-2H3. The number of benzene rings is 1. The molecule has 0 fully saturated rings. The highest BCUT2D eigenvalue weighted by Crippen LogP contribution is 2.09. The molecule has 0 bridgehead atoms. The number of nitrogens with two attached hydrogens (primary N) is 1. The van der Waals surface area contributed by atoms with Crippen LogP contribution in [0.15, 0.2) is 24.3 Å². The van der Waals surface area contributed by atoms with Gasteiger partial charge in [-0.1, -0.05) is 29.8 Å². The summed E-state index contributed by atoms with van der Waals surface area (Å²) < 4.78 is 0. The van der Waals surface area contributed by atoms with E-state index in [0.29, 0.717) is 6.04 Å². The first-order valence-electron chi connectivity index (χ1n) is 5.27. The molecule has 15 heavy (non-hydrogen) atoms. The zero-order valence-corrected chi connectivity index (χ0v) is 10.3. The number of hydrogen-bond donors (Lipinski definition) is 2. The van der Waals surface area contributed by atoms with Crippen LogP contribution in [0.1, 0.15) is 17.5 Å². The molecular formula is C12H20N2S. The Morgan fingerprint density at radius 1 is 1.33 bits per heavy atom. The van der Waals surface area contributed by atoms with Crippen molar-refractivity contribution in [3.8, 4) is 0 Å². The Balaban J connectivity index is 2.47. The van der Waals surface area contributed by atoms with E-state index in [4.69, 9.17) is 5.84 Å². The molecule has 0 spiro atoms. The first kappa shape index (κ1) is 12.6. The van der Waals surface area contributed by atoms with Crippen molar-refractivity contribution in [1.82, 2.24) is 5.43 Å². The molecule has 0 aliphatic carbocycles. The molecule has 2 nitrogen and oxygen atoms in total. The Labute approximate surface area is 96.6 Å². The first-order valence-corrected chi connectivity index (χ1v) is 6.66. The molecule has 0 amide bonds. The summed E-state index contributed by atoms with van der Waals surface area (Å²) in [6.45, 7) is 2.11. The normalized spacial score (nSPS) is 12.7. The van der Waals surface area contributed by atoms with Crippen molar-refractivity contribution in [2.24, 2.45) is 5.84 Å². The van der Waals surface area contributed by atoms with E-state index < -0.39 is 0 Å². The molecule has 0 heterocycles. The Morgan fingerprint density at radius 2 is 2.00 bits per heavy atom. The van der Waals surface area contributed by atoms with Crippen molar-refractivity contribution in [3.63, 3.8) is 0 Å². The van der Waals surface area contributed by atoms with Crippen molar-refractivity contribution in [2.45, 2.75) is 25.8 Å². The molecule has 0 saturated carbocycles. The molecule has 0 radical (unpaired) electrons. The number of aryl methyl sites for hydroxylation is 1. The lowest BCUT2D eigenvalue weighted by Gasteiger charge is -2.15. The van der Waals surface area contributed by atoms with Gasteiger partial charge in [0, 0.05) is 6.04 Å². The highest BCUT2D eigenvalue weighted by Gasteiger charge is 2.06. The number of nitrogens with one attached hydrogen (secondary N) is 1. The molecule has 84 valence electrons. The van der Waals surface area contributed by atoms with E-state index in [-0.39, 0.29) is 0 Å². The van der Waals surface area contributed by atoms with Crippen LogP contribution in [0.3, 0.4) is 0 Å². The van der Waals surface area contributed by atoms with Crippen LogP contribution in [-0.2, 0) is 6.42 Å². The zero-order chi connectivity index (χ0) is 11.1. The molecule has 0 aliphatic heterocycles. The molecule has 0 aliphatic rings. The summed E-state index contributed by atoms with van der Waals surface area (Å²) in [6.07, 6.45) is 4.25. The third kappa shape index (κ3) is 4.69. The lowest BCUT2D eigenvalue weighted by Crippen LogP contribution is -2.37. The molecule has 0 aromatic heterocycles. The van der Waals surface area contributed by atoms with Crippen molar-refractivity contribution in [1.29, 1.82) is 0 Å². The Morgan fingerprint density at radius 3 is 2.53 bits per heavy atom. The second-order valence-corrected chi connectivity index (χ2v) is 4.82. The summed E-state index contributed by atoms with van der Waals surface area (Å²) >= 11 is 1.86. The second-order valence-electron chi connectivity index (χ2n) is 3.83. The predicted octanol–water partition coefficient (Wildman–Crippen LogP) is 2.12. The summed E-state index contributed by atoms with van der Waals surface area (Å²) in [6, 6.07) is 9.05. The monoisotopic (exact) mass is 224 g/mol. The van der Waals surface area contributed by atoms with E-state index in [1.54, 1.807) is 0 Å². The van der Waals surface area contributed by atoms with Crippen LogP contribution in [0.5, 0.6) is 0 Å². The number of rotatable bonds is 6. The molecule has 3 heteroatoms. The van der Waals surface area contributed by atoms with Crippen LogP contribution < -0.4 is 11.3 Å². The molecule has 3 N–H and O–H groups in total. The lowest BCUT2D eigenvalue weighted by atomic mass is 10.0. The van der Waals surface area contributed by atoms with Gasteiger partial charge in [0.25, 0.3) is 0 Å². The quantitative estimate of drug-likeness (QED) is 0.574. The van der Waals surface area contributed by atoms with Gasteiger partial charge in [0.15, 0.2) is 0 Å². The van der Waals surface area contributed by atoms with Crippen LogP contribution >= 0.6 is 11.8 Å². The number of hydrazine groups is 1. The maximum atomic E-state index is 5.53. The topological polar surface area (TPSA) is 38.0 Å². The molecular weight excluding hydrogens is 204 g/mol. The van der Waals surface area contributed by atoms with Crippen molar-refractivity contribution >= 4 is 11.8 Å². The van der Waals surface area contributed by atoms with Crippen LogP contribution in [0.2, 0.25) is 0 Å². The van der Waals surface area contributed by atoms with Gasteiger partial charge in [-0.15, -0.1) is 0 Å². The van der Waals surface area contributed by atoms with E-state index in [1.165, 1.54) is 11.1 Å². The third-order valence-electron chi connectivity index (χ3n) is 2.51. The maximum absolute atomic E-state index is 5.53. The van der Waals surface area contributed by atoms with E-state index >= 15 is 0 Å². The molecule has 1 rings (SSSR count). The van der Waals surface area contributed by atoms with Gasteiger partial charge in [-0.25, -0.2) is 0 Å².